The van der Waals surface area contributed by atoms with Crippen molar-refractivity contribution in [3.8, 4) is 0 Å². The number of nitrogens with two attached hydrogens (primary N) is 1. The summed E-state index contributed by atoms with van der Waals surface area (Å²) in [5, 5.41) is 0. The van der Waals surface area contributed by atoms with Crippen molar-refractivity contribution in [3.05, 3.63) is 34.4 Å². The standard InChI is InChI=1S/C14H21N3/c1-5-17-12(8-16-14(17)15)13-10(3)6-9(2)7-11(13)4/h6-7,12H,5,8H2,1-4H3,(H2,15,16). The third kappa shape index (κ3) is 2.02. The van der Waals surface area contributed by atoms with Crippen LogP contribution < -0.4 is 5.73 Å². The number of hydrogen-bond acceptors (Lipinski definition) is 3. The van der Waals surface area contributed by atoms with E-state index in [-0.39, 0.29) is 0 Å². The summed E-state index contributed by atoms with van der Waals surface area (Å²) in [6, 6.07) is 4.80. The van der Waals surface area contributed by atoms with Crippen LogP contribution >= 0.6 is 0 Å². The van der Waals surface area contributed by atoms with Gasteiger partial charge < -0.3 is 10.6 Å². The zero-order valence-electron chi connectivity index (χ0n) is 11.1. The Bertz CT molecular complexity index is 440. The average Bonchev–Trinajstić information content (AvgIpc) is 2.58. The highest BCUT2D eigenvalue weighted by molar-refractivity contribution is 5.80. The Morgan fingerprint density at radius 1 is 1.29 bits per heavy atom. The number of likely N-dealkylation sites (N-methyl/N-ethyl adjacent to an activating group) is 1. The van der Waals surface area contributed by atoms with Crippen LogP contribution in [0.1, 0.15) is 35.2 Å². The molecule has 1 heterocycles. The van der Waals surface area contributed by atoms with Crippen LogP contribution in [0.2, 0.25) is 0 Å². The lowest BCUT2D eigenvalue weighted by atomic mass is 9.93. The number of nitrogens with zero attached hydrogens (tertiary/aromatic N) is 2. The van der Waals surface area contributed by atoms with E-state index in [4.69, 9.17) is 5.73 Å². The van der Waals surface area contributed by atoms with E-state index in [1.54, 1.807) is 0 Å². The number of hydrogen-bond donors (Lipinski definition) is 1. The van der Waals surface area contributed by atoms with E-state index in [1.807, 2.05) is 0 Å². The van der Waals surface area contributed by atoms with E-state index in [0.29, 0.717) is 12.0 Å². The zero-order valence-corrected chi connectivity index (χ0v) is 11.1. The molecule has 1 aliphatic rings. The first-order chi connectivity index (χ1) is 8.04. The lowest BCUT2D eigenvalue weighted by Gasteiger charge is -2.27. The van der Waals surface area contributed by atoms with E-state index in [0.717, 1.165) is 13.1 Å². The molecule has 0 bridgehead atoms. The van der Waals surface area contributed by atoms with Crippen LogP contribution in [0.4, 0.5) is 0 Å². The maximum absolute atomic E-state index is 5.92. The lowest BCUT2D eigenvalue weighted by molar-refractivity contribution is 0.362. The van der Waals surface area contributed by atoms with Gasteiger partial charge >= 0.3 is 0 Å². The molecule has 0 aliphatic carbocycles. The average molecular weight is 231 g/mol. The van der Waals surface area contributed by atoms with Crippen molar-refractivity contribution in [2.24, 2.45) is 10.7 Å². The Balaban J connectivity index is 2.42. The molecular weight excluding hydrogens is 210 g/mol. The van der Waals surface area contributed by atoms with Crippen LogP contribution in [0.15, 0.2) is 17.1 Å². The summed E-state index contributed by atoms with van der Waals surface area (Å²) in [6.45, 7) is 10.3. The second-order valence-electron chi connectivity index (χ2n) is 4.81. The molecule has 2 N–H and O–H groups in total. The number of guanidine groups is 1. The van der Waals surface area contributed by atoms with E-state index < -0.39 is 0 Å². The molecule has 1 unspecified atom stereocenters. The second kappa shape index (κ2) is 4.40. The van der Waals surface area contributed by atoms with Crippen molar-refractivity contribution in [1.82, 2.24) is 4.90 Å². The molecule has 92 valence electrons. The maximum Gasteiger partial charge on any atom is 0.191 e. The minimum absolute atomic E-state index is 0.320. The van der Waals surface area contributed by atoms with Crippen molar-refractivity contribution in [2.45, 2.75) is 33.7 Å². The van der Waals surface area contributed by atoms with Gasteiger partial charge in [0.05, 0.1) is 12.6 Å². The van der Waals surface area contributed by atoms with E-state index in [9.17, 15) is 0 Å². The van der Waals surface area contributed by atoms with Crippen molar-refractivity contribution >= 4 is 5.96 Å². The Morgan fingerprint density at radius 3 is 2.41 bits per heavy atom. The Labute approximate surface area is 103 Å². The van der Waals surface area contributed by atoms with Gasteiger partial charge in [-0.2, -0.15) is 0 Å². The highest BCUT2D eigenvalue weighted by Gasteiger charge is 2.28. The summed E-state index contributed by atoms with van der Waals surface area (Å²) < 4.78 is 0. The molecule has 0 fully saturated rings. The van der Waals surface area contributed by atoms with Crippen LogP contribution in [0.25, 0.3) is 0 Å². The molecule has 2 rings (SSSR count). The Morgan fingerprint density at radius 2 is 1.88 bits per heavy atom. The van der Waals surface area contributed by atoms with Gasteiger partial charge in [0.2, 0.25) is 0 Å². The number of rotatable bonds is 2. The van der Waals surface area contributed by atoms with E-state index in [1.165, 1.54) is 22.3 Å². The maximum atomic E-state index is 5.92. The Hall–Kier alpha value is -1.51. The Kier molecular flexibility index (Phi) is 3.09. The van der Waals surface area contributed by atoms with Crippen LogP contribution in [0.3, 0.4) is 0 Å². The van der Waals surface area contributed by atoms with Crippen LogP contribution in [-0.2, 0) is 0 Å². The first-order valence-electron chi connectivity index (χ1n) is 6.19. The lowest BCUT2D eigenvalue weighted by Crippen LogP contribution is -2.36. The predicted octanol–water partition coefficient (Wildman–Crippen LogP) is 2.30. The molecule has 1 aliphatic heterocycles. The fourth-order valence-corrected chi connectivity index (χ4v) is 2.88. The zero-order chi connectivity index (χ0) is 12.6. The summed E-state index contributed by atoms with van der Waals surface area (Å²) in [4.78, 5) is 6.56. The SMILES string of the molecule is CCN1C(N)=NCC1c1c(C)cc(C)cc1C. The van der Waals surface area contributed by atoms with Crippen LogP contribution in [-0.4, -0.2) is 23.9 Å². The third-order valence-corrected chi connectivity index (χ3v) is 3.51. The largest absolute Gasteiger partial charge is 0.370 e. The summed E-state index contributed by atoms with van der Waals surface area (Å²) >= 11 is 0. The van der Waals surface area contributed by atoms with Gasteiger partial charge in [-0.05, 0) is 44.4 Å². The number of aliphatic imine (C=N–C) groups is 1. The third-order valence-electron chi connectivity index (χ3n) is 3.51. The fourth-order valence-electron chi connectivity index (χ4n) is 2.88. The van der Waals surface area contributed by atoms with E-state index in [2.05, 4.69) is 49.7 Å². The molecule has 0 spiro atoms. The van der Waals surface area contributed by atoms with Crippen molar-refractivity contribution in [1.29, 1.82) is 0 Å². The summed E-state index contributed by atoms with van der Waals surface area (Å²) in [5.74, 6) is 0.678. The molecule has 3 heteroatoms. The minimum atomic E-state index is 0.320. The van der Waals surface area contributed by atoms with Gasteiger partial charge in [0.25, 0.3) is 0 Å². The number of aryl methyl sites for hydroxylation is 3. The summed E-state index contributed by atoms with van der Waals surface area (Å²) in [7, 11) is 0. The predicted molar refractivity (Wildman–Crippen MR) is 72.3 cm³/mol. The summed E-state index contributed by atoms with van der Waals surface area (Å²) in [6.07, 6.45) is 0. The smallest absolute Gasteiger partial charge is 0.191 e. The fraction of sp³-hybridized carbons (Fsp3) is 0.500. The first-order valence-corrected chi connectivity index (χ1v) is 6.19. The molecule has 1 aromatic carbocycles. The molecule has 17 heavy (non-hydrogen) atoms. The van der Waals surface area contributed by atoms with Gasteiger partial charge in [0, 0.05) is 6.54 Å². The van der Waals surface area contributed by atoms with Crippen molar-refractivity contribution in [3.63, 3.8) is 0 Å². The van der Waals surface area contributed by atoms with Gasteiger partial charge in [-0.1, -0.05) is 17.7 Å². The highest BCUT2D eigenvalue weighted by atomic mass is 15.3. The number of benzene rings is 1. The quantitative estimate of drug-likeness (QED) is 0.848. The molecule has 0 amide bonds. The molecule has 1 atom stereocenters. The normalized spacial score (nSPS) is 19.6. The van der Waals surface area contributed by atoms with Crippen LogP contribution in [0.5, 0.6) is 0 Å². The molecular formula is C14H21N3. The summed E-state index contributed by atoms with van der Waals surface area (Å²) in [5.41, 5.74) is 11.3. The van der Waals surface area contributed by atoms with Gasteiger partial charge in [-0.3, -0.25) is 4.99 Å². The van der Waals surface area contributed by atoms with Gasteiger partial charge in [0.15, 0.2) is 5.96 Å². The van der Waals surface area contributed by atoms with Crippen LogP contribution in [0, 0.1) is 20.8 Å². The molecule has 0 aromatic heterocycles. The highest BCUT2D eigenvalue weighted by Crippen LogP contribution is 2.30. The second-order valence-corrected chi connectivity index (χ2v) is 4.81. The molecule has 0 saturated carbocycles. The molecule has 1 aromatic rings. The minimum Gasteiger partial charge on any atom is -0.370 e. The molecule has 3 nitrogen and oxygen atoms in total. The monoisotopic (exact) mass is 231 g/mol. The topological polar surface area (TPSA) is 41.6 Å². The van der Waals surface area contributed by atoms with Crippen molar-refractivity contribution in [2.75, 3.05) is 13.1 Å². The molecule has 0 saturated heterocycles. The molecule has 0 radical (unpaired) electrons. The van der Waals surface area contributed by atoms with Gasteiger partial charge in [-0.25, -0.2) is 0 Å². The van der Waals surface area contributed by atoms with Crippen molar-refractivity contribution < 1.29 is 0 Å². The van der Waals surface area contributed by atoms with Gasteiger partial charge in [0.1, 0.15) is 0 Å². The van der Waals surface area contributed by atoms with E-state index >= 15 is 0 Å². The van der Waals surface area contributed by atoms with Gasteiger partial charge in [-0.15, -0.1) is 0 Å². The first kappa shape index (κ1) is 12.0.